The Morgan fingerprint density at radius 3 is 2.23 bits per heavy atom. The van der Waals surface area contributed by atoms with Crippen molar-refractivity contribution < 1.29 is 29.0 Å². The Kier molecular flexibility index (Phi) is 9.37. The summed E-state index contributed by atoms with van der Waals surface area (Å²) in [6, 6.07) is 2.28. The SMILES string of the molecule is CC(C)[C@H](NC(=O)C(CC(=O)c1ccc(Cl)cc1[AsH2])NC(=O)OC(C)(C)C)C(=O)O. The second kappa shape index (κ2) is 10.8. The second-order valence-electron chi connectivity index (χ2n) is 8.13. The third kappa shape index (κ3) is 8.36. The zero-order chi connectivity index (χ0) is 23.2. The standard InChI is InChI=1S/C20H28AsClN2O6/c1-10(2)16(18(27)28)24-17(26)14(23-19(29)30-20(3,4)5)9-15(25)12-7-6-11(22)8-13(12)21/h6-8,10,14,16H,9,21H2,1-5H3,(H,23,29)(H,24,26)(H,27,28)/t14?,16-/m0/s1. The summed E-state index contributed by atoms with van der Waals surface area (Å²) in [7, 11) is 0. The number of ketones is 1. The molecule has 30 heavy (non-hydrogen) atoms. The summed E-state index contributed by atoms with van der Waals surface area (Å²) < 4.78 is 5.86. The Bertz CT molecular complexity index is 822. The van der Waals surface area contributed by atoms with E-state index in [1.54, 1.807) is 52.8 Å². The first-order valence-corrected chi connectivity index (χ1v) is 10.9. The van der Waals surface area contributed by atoms with E-state index in [4.69, 9.17) is 16.3 Å². The zero-order valence-electron chi connectivity index (χ0n) is 17.6. The Balaban J connectivity index is 3.09. The first-order valence-electron chi connectivity index (χ1n) is 9.32. The molecule has 0 spiro atoms. The van der Waals surface area contributed by atoms with Crippen molar-refractivity contribution in [2.24, 2.45) is 5.92 Å². The van der Waals surface area contributed by atoms with E-state index >= 15 is 0 Å². The van der Waals surface area contributed by atoms with E-state index in [9.17, 15) is 24.3 Å². The number of hydrogen-bond acceptors (Lipinski definition) is 5. The first-order chi connectivity index (χ1) is 13.7. The summed E-state index contributed by atoms with van der Waals surface area (Å²) in [6.07, 6.45) is -1.25. The molecule has 0 aliphatic heterocycles. The van der Waals surface area contributed by atoms with E-state index in [-0.39, 0.29) is 6.42 Å². The maximum absolute atomic E-state index is 12.8. The van der Waals surface area contributed by atoms with Crippen LogP contribution in [-0.2, 0) is 14.3 Å². The van der Waals surface area contributed by atoms with Crippen LogP contribution in [0.4, 0.5) is 4.79 Å². The topological polar surface area (TPSA) is 122 Å². The molecule has 0 saturated carbocycles. The summed E-state index contributed by atoms with van der Waals surface area (Å²) in [5.74, 6) is -2.78. The van der Waals surface area contributed by atoms with Crippen molar-refractivity contribution in [3.63, 3.8) is 0 Å². The van der Waals surface area contributed by atoms with Crippen molar-refractivity contribution in [3.05, 3.63) is 28.8 Å². The quantitative estimate of drug-likeness (QED) is 0.364. The summed E-state index contributed by atoms with van der Waals surface area (Å²) in [5, 5.41) is 14.6. The summed E-state index contributed by atoms with van der Waals surface area (Å²) >= 11 is 7.12. The fourth-order valence-electron chi connectivity index (χ4n) is 2.51. The monoisotopic (exact) mass is 502 g/mol. The molecule has 0 aliphatic rings. The normalized spacial score (nSPS) is 13.3. The summed E-state index contributed by atoms with van der Waals surface area (Å²) in [4.78, 5) is 49.2. The van der Waals surface area contributed by atoms with Crippen molar-refractivity contribution in [2.75, 3.05) is 0 Å². The Labute approximate surface area is 189 Å². The van der Waals surface area contributed by atoms with Gasteiger partial charge in [-0.15, -0.1) is 0 Å². The van der Waals surface area contributed by atoms with E-state index in [0.29, 0.717) is 14.9 Å². The van der Waals surface area contributed by atoms with Crippen LogP contribution in [0.25, 0.3) is 0 Å². The molecule has 1 aromatic carbocycles. The number of halogens is 1. The van der Waals surface area contributed by atoms with Crippen molar-refractivity contribution in [2.45, 2.75) is 58.7 Å². The van der Waals surface area contributed by atoms with Crippen molar-refractivity contribution >= 4 is 56.6 Å². The van der Waals surface area contributed by atoms with Gasteiger partial charge in [-0.2, -0.15) is 0 Å². The van der Waals surface area contributed by atoms with Crippen molar-refractivity contribution in [1.82, 2.24) is 10.6 Å². The van der Waals surface area contributed by atoms with Gasteiger partial charge in [0.25, 0.3) is 0 Å². The van der Waals surface area contributed by atoms with Crippen molar-refractivity contribution in [3.8, 4) is 0 Å². The predicted molar refractivity (Wildman–Crippen MR) is 116 cm³/mol. The van der Waals surface area contributed by atoms with E-state index in [1.165, 1.54) is 16.9 Å². The van der Waals surface area contributed by atoms with Crippen LogP contribution in [-0.4, -0.2) is 63.4 Å². The van der Waals surface area contributed by atoms with E-state index in [1.807, 2.05) is 0 Å². The number of carboxylic acid groups (broad SMARTS) is 1. The molecule has 0 saturated heterocycles. The molecule has 2 unspecified atom stereocenters. The minimum atomic E-state index is -1.31. The number of carbonyl (C=O) groups is 4. The molecule has 2 amide bonds. The van der Waals surface area contributed by atoms with E-state index in [2.05, 4.69) is 10.6 Å². The molecule has 3 atom stereocenters. The Hall–Kier alpha value is -2.05. The number of carboxylic acids is 1. The molecule has 0 bridgehead atoms. The van der Waals surface area contributed by atoms with E-state index < -0.39 is 47.4 Å². The molecule has 1 aromatic rings. The first kappa shape index (κ1) is 26.0. The average molecular weight is 503 g/mol. The predicted octanol–water partition coefficient (Wildman–Crippen LogP) is 1.29. The fraction of sp³-hybridized carbons (Fsp3) is 0.500. The van der Waals surface area contributed by atoms with Gasteiger partial charge in [-0.1, -0.05) is 0 Å². The number of ether oxygens (including phenoxy) is 1. The molecule has 166 valence electrons. The Morgan fingerprint density at radius 1 is 1.17 bits per heavy atom. The molecule has 3 N–H and O–H groups in total. The number of alkyl carbamates (subject to hydrolysis) is 1. The number of aliphatic carboxylic acids is 1. The van der Waals surface area contributed by atoms with Gasteiger partial charge in [0.2, 0.25) is 0 Å². The van der Waals surface area contributed by atoms with Gasteiger partial charge in [-0.05, 0) is 0 Å². The molecular formula is C20H28AsClN2O6. The number of rotatable bonds is 8. The molecular weight excluding hydrogens is 475 g/mol. The van der Waals surface area contributed by atoms with Gasteiger partial charge in [0.15, 0.2) is 0 Å². The van der Waals surface area contributed by atoms with Gasteiger partial charge >= 0.3 is 190 Å². The summed E-state index contributed by atoms with van der Waals surface area (Å²) in [5.41, 5.74) is -0.437. The van der Waals surface area contributed by atoms with Gasteiger partial charge in [0, 0.05) is 0 Å². The van der Waals surface area contributed by atoms with Crippen molar-refractivity contribution in [1.29, 1.82) is 0 Å². The molecule has 0 aromatic heterocycles. The average Bonchev–Trinajstić information content (AvgIpc) is 2.56. The van der Waals surface area contributed by atoms with Crippen LogP contribution < -0.4 is 15.0 Å². The van der Waals surface area contributed by atoms with Crippen LogP contribution in [0.5, 0.6) is 0 Å². The second-order valence-corrected chi connectivity index (χ2v) is 9.87. The zero-order valence-corrected chi connectivity index (χ0v) is 20.8. The van der Waals surface area contributed by atoms with Crippen LogP contribution in [0.2, 0.25) is 5.02 Å². The Morgan fingerprint density at radius 2 is 1.77 bits per heavy atom. The summed E-state index contributed by atoms with van der Waals surface area (Å²) in [6.45, 7) is 8.25. The minimum absolute atomic E-state index is 0.367. The third-order valence-corrected chi connectivity index (χ3v) is 5.18. The fourth-order valence-corrected chi connectivity index (χ4v) is 3.83. The van der Waals surface area contributed by atoms with Gasteiger partial charge in [-0.25, -0.2) is 0 Å². The van der Waals surface area contributed by atoms with Crippen LogP contribution in [0, 0.1) is 5.92 Å². The number of carbonyl (C=O) groups excluding carboxylic acids is 3. The number of hydrogen-bond donors (Lipinski definition) is 3. The van der Waals surface area contributed by atoms with Gasteiger partial charge in [0.1, 0.15) is 0 Å². The third-order valence-electron chi connectivity index (χ3n) is 3.94. The molecule has 10 heteroatoms. The molecule has 0 aliphatic carbocycles. The molecule has 0 fully saturated rings. The maximum atomic E-state index is 12.8. The number of amides is 2. The molecule has 0 radical (unpaired) electrons. The number of nitrogens with one attached hydrogen (secondary N) is 2. The molecule has 0 heterocycles. The number of benzene rings is 1. The van der Waals surface area contributed by atoms with E-state index in [0.717, 1.165) is 0 Å². The van der Waals surface area contributed by atoms with Crippen LogP contribution in [0.15, 0.2) is 18.2 Å². The van der Waals surface area contributed by atoms with Crippen LogP contribution in [0.1, 0.15) is 51.4 Å². The number of Topliss-reactive ketones (excluding diaryl/α,β-unsaturated/α-hetero) is 1. The molecule has 8 nitrogen and oxygen atoms in total. The van der Waals surface area contributed by atoms with Crippen LogP contribution >= 0.6 is 11.6 Å². The van der Waals surface area contributed by atoms with Gasteiger partial charge < -0.3 is 0 Å². The van der Waals surface area contributed by atoms with Crippen LogP contribution in [0.3, 0.4) is 0 Å². The van der Waals surface area contributed by atoms with Gasteiger partial charge in [-0.3, -0.25) is 0 Å². The molecule has 1 rings (SSSR count). The van der Waals surface area contributed by atoms with Gasteiger partial charge in [0.05, 0.1) is 0 Å².